The van der Waals surface area contributed by atoms with Gasteiger partial charge in [0.25, 0.3) is 0 Å². The third-order valence-corrected chi connectivity index (χ3v) is 15.7. The standard InChI is InChI=1S/C62H123NO8/c1-3-5-7-9-11-13-15-17-18-19-20-21-22-23-24-25-26-27-28-29-30-31-32-33-34-35-36-37-38-39-40-42-44-46-48-50-52-58(66)63-55(54-70-62-61(69)60(68)59(67)57(53-64)71-62)56(65)51-49-47-45-43-41-16-14-12-10-8-6-4-2/h55-57,59-62,64-65,67-69H,3-54H2,1-2H3,(H,63,66)/t55-,56+,57+,59-,60?,61?,62+/m0/s1. The van der Waals surface area contributed by atoms with E-state index in [0.717, 1.165) is 38.5 Å². The first-order valence-corrected chi connectivity index (χ1v) is 31.7. The number of hydrogen-bond acceptors (Lipinski definition) is 8. The quantitative estimate of drug-likeness (QED) is 0.0330. The highest BCUT2D eigenvalue weighted by atomic mass is 16.7. The molecule has 0 aliphatic carbocycles. The average molecular weight is 1010 g/mol. The Bertz CT molecular complexity index is 1080. The van der Waals surface area contributed by atoms with E-state index in [-0.39, 0.29) is 12.5 Å². The van der Waals surface area contributed by atoms with Crippen LogP contribution in [0.25, 0.3) is 0 Å². The van der Waals surface area contributed by atoms with Crippen LogP contribution in [0.4, 0.5) is 0 Å². The van der Waals surface area contributed by atoms with E-state index < -0.39 is 49.5 Å². The number of aliphatic hydroxyl groups is 5. The van der Waals surface area contributed by atoms with Crippen molar-refractivity contribution < 1.29 is 39.8 Å². The Hall–Kier alpha value is -0.810. The summed E-state index contributed by atoms with van der Waals surface area (Å²) in [6.45, 7) is 3.87. The van der Waals surface area contributed by atoms with Crippen LogP contribution < -0.4 is 5.32 Å². The number of unbranched alkanes of at least 4 members (excludes halogenated alkanes) is 46. The number of carbonyl (C=O) groups is 1. The molecule has 1 aliphatic rings. The van der Waals surface area contributed by atoms with Crippen molar-refractivity contribution in [3.63, 3.8) is 0 Å². The maximum absolute atomic E-state index is 13.1. The summed E-state index contributed by atoms with van der Waals surface area (Å²) in [5.74, 6) is -0.137. The van der Waals surface area contributed by atoms with Gasteiger partial charge < -0.3 is 40.3 Å². The second-order valence-electron chi connectivity index (χ2n) is 22.6. The first-order valence-electron chi connectivity index (χ1n) is 31.7. The average Bonchev–Trinajstić information content (AvgIpc) is 3.37. The molecular weight excluding hydrogens is 887 g/mol. The largest absolute Gasteiger partial charge is 0.394 e. The summed E-state index contributed by atoms with van der Waals surface area (Å²) in [5, 5.41) is 54.6. The molecule has 1 fully saturated rings. The van der Waals surface area contributed by atoms with Crippen LogP contribution in [0.2, 0.25) is 0 Å². The van der Waals surface area contributed by atoms with Crippen molar-refractivity contribution in [2.45, 2.75) is 378 Å². The minimum atomic E-state index is -1.55. The van der Waals surface area contributed by atoms with Crippen LogP contribution in [0.3, 0.4) is 0 Å². The van der Waals surface area contributed by atoms with Crippen LogP contribution in [0.5, 0.6) is 0 Å². The third kappa shape index (κ3) is 42.0. The summed E-state index contributed by atoms with van der Waals surface area (Å²) in [5.41, 5.74) is 0. The fraction of sp³-hybridized carbons (Fsp3) is 0.984. The van der Waals surface area contributed by atoms with Gasteiger partial charge in [-0.15, -0.1) is 0 Å². The molecule has 0 spiro atoms. The molecule has 0 bridgehead atoms. The number of nitrogens with one attached hydrogen (secondary N) is 1. The number of ether oxygens (including phenoxy) is 2. The molecule has 0 aromatic rings. The van der Waals surface area contributed by atoms with Crippen molar-refractivity contribution in [1.29, 1.82) is 0 Å². The monoisotopic (exact) mass is 1010 g/mol. The van der Waals surface area contributed by atoms with Crippen LogP contribution in [-0.2, 0) is 14.3 Å². The molecule has 1 saturated heterocycles. The van der Waals surface area contributed by atoms with Gasteiger partial charge in [0.15, 0.2) is 6.29 Å². The first kappa shape index (κ1) is 68.2. The molecule has 1 heterocycles. The van der Waals surface area contributed by atoms with Crippen molar-refractivity contribution in [3.05, 3.63) is 0 Å². The van der Waals surface area contributed by atoms with E-state index in [1.807, 2.05) is 0 Å². The smallest absolute Gasteiger partial charge is 0.220 e. The zero-order valence-corrected chi connectivity index (χ0v) is 47.3. The molecular formula is C62H123NO8. The number of hydrogen-bond donors (Lipinski definition) is 6. The van der Waals surface area contributed by atoms with E-state index in [1.165, 1.54) is 270 Å². The van der Waals surface area contributed by atoms with Gasteiger partial charge in [-0.3, -0.25) is 4.79 Å². The van der Waals surface area contributed by atoms with Crippen molar-refractivity contribution in [2.24, 2.45) is 0 Å². The second-order valence-corrected chi connectivity index (χ2v) is 22.6. The highest BCUT2D eigenvalue weighted by molar-refractivity contribution is 5.76. The fourth-order valence-corrected chi connectivity index (χ4v) is 10.7. The van der Waals surface area contributed by atoms with E-state index in [2.05, 4.69) is 19.2 Å². The number of aliphatic hydroxyl groups excluding tert-OH is 5. The number of amides is 1. The Labute approximate surface area is 440 Å². The lowest BCUT2D eigenvalue weighted by Gasteiger charge is -2.40. The van der Waals surface area contributed by atoms with Crippen LogP contribution >= 0.6 is 0 Å². The molecule has 9 heteroatoms. The molecule has 0 aromatic carbocycles. The first-order chi connectivity index (χ1) is 34.8. The lowest BCUT2D eigenvalue weighted by Crippen LogP contribution is -2.60. The fourth-order valence-electron chi connectivity index (χ4n) is 10.7. The Balaban J connectivity index is 2.01. The Kier molecular flexibility index (Phi) is 50.6. The normalized spacial score (nSPS) is 19.1. The van der Waals surface area contributed by atoms with E-state index in [9.17, 15) is 30.3 Å². The minimum absolute atomic E-state index is 0.131. The van der Waals surface area contributed by atoms with E-state index in [0.29, 0.717) is 12.8 Å². The third-order valence-electron chi connectivity index (χ3n) is 15.7. The van der Waals surface area contributed by atoms with Gasteiger partial charge in [-0.2, -0.15) is 0 Å². The summed E-state index contributed by atoms with van der Waals surface area (Å²) in [7, 11) is 0. The maximum atomic E-state index is 13.1. The predicted molar refractivity (Wildman–Crippen MR) is 300 cm³/mol. The minimum Gasteiger partial charge on any atom is -0.394 e. The highest BCUT2D eigenvalue weighted by Crippen LogP contribution is 2.24. The van der Waals surface area contributed by atoms with Crippen molar-refractivity contribution >= 4 is 5.91 Å². The molecule has 1 aliphatic heterocycles. The van der Waals surface area contributed by atoms with Crippen LogP contribution in [-0.4, -0.2) is 87.5 Å². The molecule has 424 valence electrons. The zero-order chi connectivity index (χ0) is 51.5. The van der Waals surface area contributed by atoms with Crippen molar-refractivity contribution in [1.82, 2.24) is 5.32 Å². The molecule has 1 rings (SSSR count). The Morgan fingerprint density at radius 2 is 0.704 bits per heavy atom. The number of rotatable bonds is 56. The van der Waals surface area contributed by atoms with E-state index in [1.54, 1.807) is 0 Å². The molecule has 0 saturated carbocycles. The van der Waals surface area contributed by atoms with Crippen LogP contribution in [0.15, 0.2) is 0 Å². The van der Waals surface area contributed by atoms with Crippen LogP contribution in [0, 0.1) is 0 Å². The lowest BCUT2D eigenvalue weighted by atomic mass is 9.99. The van der Waals surface area contributed by atoms with Gasteiger partial charge in [-0.1, -0.05) is 316 Å². The SMILES string of the molecule is CCCCCCCCCCCCCCCCCCCCCCCCCCCCCCCCCCCCCCC(=O)N[C@@H](CO[C@@H]1O[C@H](CO)[C@H](O)C(O)C1O)[C@H](O)CCCCCCCCCCCCCC. The molecule has 0 aromatic heterocycles. The van der Waals surface area contributed by atoms with Crippen molar-refractivity contribution in [3.8, 4) is 0 Å². The lowest BCUT2D eigenvalue weighted by molar-refractivity contribution is -0.302. The van der Waals surface area contributed by atoms with E-state index >= 15 is 0 Å². The molecule has 0 radical (unpaired) electrons. The topological polar surface area (TPSA) is 149 Å². The predicted octanol–water partition coefficient (Wildman–Crippen LogP) is 16.2. The second kappa shape index (κ2) is 52.6. The molecule has 6 N–H and O–H groups in total. The van der Waals surface area contributed by atoms with Crippen LogP contribution in [0.1, 0.15) is 335 Å². The molecule has 2 unspecified atom stereocenters. The zero-order valence-electron chi connectivity index (χ0n) is 47.3. The summed E-state index contributed by atoms with van der Waals surface area (Å²) in [6.07, 6.45) is 57.5. The summed E-state index contributed by atoms with van der Waals surface area (Å²) in [6, 6.07) is -0.712. The van der Waals surface area contributed by atoms with Gasteiger partial charge in [-0.25, -0.2) is 0 Å². The van der Waals surface area contributed by atoms with Gasteiger partial charge in [-0.05, 0) is 12.8 Å². The van der Waals surface area contributed by atoms with Gasteiger partial charge in [0, 0.05) is 6.42 Å². The molecule has 1 amide bonds. The summed E-state index contributed by atoms with van der Waals surface area (Å²) >= 11 is 0. The highest BCUT2D eigenvalue weighted by Gasteiger charge is 2.44. The van der Waals surface area contributed by atoms with E-state index in [4.69, 9.17) is 9.47 Å². The van der Waals surface area contributed by atoms with Gasteiger partial charge in [0.05, 0.1) is 25.4 Å². The van der Waals surface area contributed by atoms with Gasteiger partial charge >= 0.3 is 0 Å². The molecule has 71 heavy (non-hydrogen) atoms. The van der Waals surface area contributed by atoms with Gasteiger partial charge in [0.2, 0.25) is 5.91 Å². The maximum Gasteiger partial charge on any atom is 0.220 e. The number of carbonyl (C=O) groups excluding carboxylic acids is 1. The molecule has 9 nitrogen and oxygen atoms in total. The summed E-state index contributed by atoms with van der Waals surface area (Å²) in [4.78, 5) is 13.1. The summed E-state index contributed by atoms with van der Waals surface area (Å²) < 4.78 is 11.3. The van der Waals surface area contributed by atoms with Crippen molar-refractivity contribution in [2.75, 3.05) is 13.2 Å². The van der Waals surface area contributed by atoms with Gasteiger partial charge in [0.1, 0.15) is 24.4 Å². The Morgan fingerprint density at radius 3 is 1.00 bits per heavy atom. The Morgan fingerprint density at radius 1 is 0.423 bits per heavy atom. The molecule has 7 atom stereocenters.